The second-order valence-electron chi connectivity index (χ2n) is 3.94. The van der Waals surface area contributed by atoms with Crippen molar-refractivity contribution in [2.24, 2.45) is 0 Å². The molecule has 1 aromatic carbocycles. The fourth-order valence-electron chi connectivity index (χ4n) is 1.57. The van der Waals surface area contributed by atoms with Gasteiger partial charge in [-0.2, -0.15) is 0 Å². The number of carbonyl (C=O) groups excluding carboxylic acids is 1. The first-order valence-corrected chi connectivity index (χ1v) is 6.67. The number of rotatable bonds is 8. The van der Waals surface area contributed by atoms with Crippen LogP contribution in [0.15, 0.2) is 36.9 Å². The molecule has 0 heterocycles. The van der Waals surface area contributed by atoms with E-state index >= 15 is 0 Å². The Morgan fingerprint density at radius 1 is 1.25 bits per heavy atom. The van der Waals surface area contributed by atoms with E-state index in [0.717, 1.165) is 5.56 Å². The number of hydrogen-bond donors (Lipinski definition) is 1. The monoisotopic (exact) mass is 275 g/mol. The predicted octanol–water partition coefficient (Wildman–Crippen LogP) is 2.80. The summed E-state index contributed by atoms with van der Waals surface area (Å²) in [7, 11) is 0. The molecular weight excluding hydrogens is 254 g/mol. The van der Waals surface area contributed by atoms with Crippen molar-refractivity contribution >= 4 is 12.0 Å². The van der Waals surface area contributed by atoms with Gasteiger partial charge >= 0.3 is 0 Å². The van der Waals surface area contributed by atoms with Gasteiger partial charge in [-0.15, -0.1) is 6.58 Å². The lowest BCUT2D eigenvalue weighted by atomic mass is 10.2. The summed E-state index contributed by atoms with van der Waals surface area (Å²) < 4.78 is 11.0. The zero-order valence-corrected chi connectivity index (χ0v) is 12.0. The molecule has 108 valence electrons. The second-order valence-corrected chi connectivity index (χ2v) is 3.94. The molecule has 0 radical (unpaired) electrons. The molecule has 0 aliphatic heterocycles. The van der Waals surface area contributed by atoms with E-state index in [2.05, 4.69) is 11.9 Å². The topological polar surface area (TPSA) is 47.6 Å². The minimum Gasteiger partial charge on any atom is -0.490 e. The second kappa shape index (κ2) is 8.80. The summed E-state index contributed by atoms with van der Waals surface area (Å²) >= 11 is 0. The van der Waals surface area contributed by atoms with E-state index in [9.17, 15) is 4.79 Å². The maximum absolute atomic E-state index is 11.5. The van der Waals surface area contributed by atoms with E-state index in [1.807, 2.05) is 32.0 Å². The standard InChI is InChI=1S/C16H21NO3/c1-4-11-17-16(18)10-8-13-7-9-14(19-5-2)15(12-13)20-6-3/h4,7-10,12H,1,5-6,11H2,2-3H3,(H,17,18). The van der Waals surface area contributed by atoms with Crippen molar-refractivity contribution in [2.45, 2.75) is 13.8 Å². The molecule has 0 atom stereocenters. The fourth-order valence-corrected chi connectivity index (χ4v) is 1.57. The van der Waals surface area contributed by atoms with E-state index in [1.165, 1.54) is 6.08 Å². The SMILES string of the molecule is C=CCNC(=O)C=Cc1ccc(OCC)c(OCC)c1. The Bertz CT molecular complexity index is 481. The van der Waals surface area contributed by atoms with Crippen LogP contribution in [0.4, 0.5) is 0 Å². The van der Waals surface area contributed by atoms with Gasteiger partial charge in [0.25, 0.3) is 0 Å². The normalized spacial score (nSPS) is 10.3. The van der Waals surface area contributed by atoms with Gasteiger partial charge in [-0.3, -0.25) is 4.79 Å². The smallest absolute Gasteiger partial charge is 0.244 e. The number of hydrogen-bond acceptors (Lipinski definition) is 3. The number of nitrogens with one attached hydrogen (secondary N) is 1. The summed E-state index contributed by atoms with van der Waals surface area (Å²) in [5.74, 6) is 1.24. The number of benzene rings is 1. The first-order valence-electron chi connectivity index (χ1n) is 6.67. The Kier molecular flexibility index (Phi) is 6.96. The molecule has 0 saturated heterocycles. The zero-order valence-electron chi connectivity index (χ0n) is 12.0. The summed E-state index contributed by atoms with van der Waals surface area (Å²) in [6.45, 7) is 8.98. The van der Waals surface area contributed by atoms with E-state index < -0.39 is 0 Å². The summed E-state index contributed by atoms with van der Waals surface area (Å²) in [5.41, 5.74) is 0.880. The number of ether oxygens (including phenoxy) is 2. The van der Waals surface area contributed by atoms with Gasteiger partial charge in [0.1, 0.15) is 0 Å². The third-order valence-electron chi connectivity index (χ3n) is 2.42. The van der Waals surface area contributed by atoms with Gasteiger partial charge < -0.3 is 14.8 Å². The van der Waals surface area contributed by atoms with Crippen molar-refractivity contribution < 1.29 is 14.3 Å². The van der Waals surface area contributed by atoms with Crippen molar-refractivity contribution in [3.05, 3.63) is 42.5 Å². The minimum absolute atomic E-state index is 0.156. The molecule has 20 heavy (non-hydrogen) atoms. The van der Waals surface area contributed by atoms with E-state index in [-0.39, 0.29) is 5.91 Å². The lowest BCUT2D eigenvalue weighted by Gasteiger charge is -2.11. The Hall–Kier alpha value is -2.23. The lowest BCUT2D eigenvalue weighted by Crippen LogP contribution is -2.20. The summed E-state index contributed by atoms with van der Waals surface area (Å²) in [6, 6.07) is 5.58. The number of carbonyl (C=O) groups is 1. The molecule has 1 N–H and O–H groups in total. The molecule has 4 heteroatoms. The average molecular weight is 275 g/mol. The zero-order chi connectivity index (χ0) is 14.8. The molecule has 1 aromatic rings. The molecule has 4 nitrogen and oxygen atoms in total. The molecule has 0 bridgehead atoms. The van der Waals surface area contributed by atoms with Crippen molar-refractivity contribution in [3.8, 4) is 11.5 Å². The highest BCUT2D eigenvalue weighted by molar-refractivity contribution is 5.91. The molecule has 1 amide bonds. The van der Waals surface area contributed by atoms with Crippen LogP contribution in [0.5, 0.6) is 11.5 Å². The number of amides is 1. The summed E-state index contributed by atoms with van der Waals surface area (Å²) in [4.78, 5) is 11.5. The van der Waals surface area contributed by atoms with Crippen LogP contribution in [-0.2, 0) is 4.79 Å². The third kappa shape index (κ3) is 5.18. The largest absolute Gasteiger partial charge is 0.490 e. The van der Waals surface area contributed by atoms with Gasteiger partial charge in [-0.1, -0.05) is 12.1 Å². The molecule has 0 saturated carbocycles. The van der Waals surface area contributed by atoms with Gasteiger partial charge in [0.15, 0.2) is 11.5 Å². The van der Waals surface area contributed by atoms with Gasteiger partial charge in [-0.05, 0) is 37.6 Å². The highest BCUT2D eigenvalue weighted by Gasteiger charge is 2.04. The Morgan fingerprint density at radius 3 is 2.60 bits per heavy atom. The van der Waals surface area contributed by atoms with Gasteiger partial charge in [-0.25, -0.2) is 0 Å². The lowest BCUT2D eigenvalue weighted by molar-refractivity contribution is -0.116. The van der Waals surface area contributed by atoms with Gasteiger partial charge in [0, 0.05) is 12.6 Å². The van der Waals surface area contributed by atoms with Crippen LogP contribution in [0.25, 0.3) is 6.08 Å². The fraction of sp³-hybridized carbons (Fsp3) is 0.312. The molecule has 0 aromatic heterocycles. The van der Waals surface area contributed by atoms with E-state index in [4.69, 9.17) is 9.47 Å². The summed E-state index contributed by atoms with van der Waals surface area (Å²) in [6.07, 6.45) is 4.85. The van der Waals surface area contributed by atoms with E-state index in [1.54, 1.807) is 12.2 Å². The van der Waals surface area contributed by atoms with Crippen molar-refractivity contribution in [1.82, 2.24) is 5.32 Å². The van der Waals surface area contributed by atoms with Crippen molar-refractivity contribution in [1.29, 1.82) is 0 Å². The third-order valence-corrected chi connectivity index (χ3v) is 2.42. The van der Waals surface area contributed by atoms with Crippen molar-refractivity contribution in [2.75, 3.05) is 19.8 Å². The quantitative estimate of drug-likeness (QED) is 0.586. The van der Waals surface area contributed by atoms with Crippen LogP contribution < -0.4 is 14.8 Å². The van der Waals surface area contributed by atoms with Crippen LogP contribution in [0.2, 0.25) is 0 Å². The Morgan fingerprint density at radius 2 is 1.95 bits per heavy atom. The Labute approximate surface area is 120 Å². The van der Waals surface area contributed by atoms with Crippen LogP contribution in [0.3, 0.4) is 0 Å². The van der Waals surface area contributed by atoms with E-state index in [0.29, 0.717) is 31.3 Å². The van der Waals surface area contributed by atoms with Crippen LogP contribution in [0.1, 0.15) is 19.4 Å². The maximum atomic E-state index is 11.5. The molecule has 0 spiro atoms. The first-order chi connectivity index (χ1) is 9.71. The van der Waals surface area contributed by atoms with Crippen LogP contribution in [-0.4, -0.2) is 25.7 Å². The summed E-state index contributed by atoms with van der Waals surface area (Å²) in [5, 5.41) is 2.67. The molecule has 0 aliphatic carbocycles. The first kappa shape index (κ1) is 15.8. The average Bonchev–Trinajstić information content (AvgIpc) is 2.45. The van der Waals surface area contributed by atoms with Gasteiger partial charge in [0.2, 0.25) is 5.91 Å². The van der Waals surface area contributed by atoms with Crippen molar-refractivity contribution in [3.63, 3.8) is 0 Å². The van der Waals surface area contributed by atoms with Crippen LogP contribution >= 0.6 is 0 Å². The molecule has 1 rings (SSSR count). The van der Waals surface area contributed by atoms with Crippen LogP contribution in [0, 0.1) is 0 Å². The predicted molar refractivity (Wildman–Crippen MR) is 81.0 cm³/mol. The molecule has 0 fully saturated rings. The molecular formula is C16H21NO3. The minimum atomic E-state index is -0.156. The molecule has 0 aliphatic rings. The maximum Gasteiger partial charge on any atom is 0.244 e. The Balaban J connectivity index is 2.80. The van der Waals surface area contributed by atoms with Gasteiger partial charge in [0.05, 0.1) is 13.2 Å². The highest BCUT2D eigenvalue weighted by atomic mass is 16.5. The molecule has 0 unspecified atom stereocenters. The highest BCUT2D eigenvalue weighted by Crippen LogP contribution is 2.28.